The summed E-state index contributed by atoms with van der Waals surface area (Å²) in [6, 6.07) is 5.68. The smallest absolute Gasteiger partial charge is 0.406 e. The van der Waals surface area contributed by atoms with E-state index in [9.17, 15) is 13.2 Å². The fraction of sp³-hybridized carbons (Fsp3) is 0.400. The summed E-state index contributed by atoms with van der Waals surface area (Å²) in [6.45, 7) is 4.54. The van der Waals surface area contributed by atoms with Gasteiger partial charge < -0.3 is 15.2 Å². The number of aliphatic hydroxyl groups excluding tert-OH is 1. The van der Waals surface area contributed by atoms with Gasteiger partial charge in [0, 0.05) is 29.6 Å². The van der Waals surface area contributed by atoms with Crippen LogP contribution in [0, 0.1) is 13.8 Å². The Morgan fingerprint density at radius 1 is 1.30 bits per heavy atom. The van der Waals surface area contributed by atoms with Crippen LogP contribution in [0.15, 0.2) is 24.3 Å². The van der Waals surface area contributed by atoms with Gasteiger partial charge in [-0.3, -0.25) is 4.68 Å². The summed E-state index contributed by atoms with van der Waals surface area (Å²) < 4.78 is 42.3. The molecule has 1 heterocycles. The maximum Gasteiger partial charge on any atom is 0.573 e. The monoisotopic (exact) mass is 329 g/mol. The molecule has 0 aliphatic heterocycles. The Bertz CT molecular complexity index is 668. The van der Waals surface area contributed by atoms with Crippen LogP contribution in [0.25, 0.3) is 0 Å². The largest absolute Gasteiger partial charge is 0.573 e. The number of ether oxygens (including phenoxy) is 1. The Kier molecular flexibility index (Phi) is 5.15. The Hall–Kier alpha value is -2.22. The van der Waals surface area contributed by atoms with Crippen molar-refractivity contribution in [3.63, 3.8) is 0 Å². The third kappa shape index (κ3) is 4.62. The molecule has 5 nitrogen and oxygen atoms in total. The highest BCUT2D eigenvalue weighted by atomic mass is 19.4. The molecule has 2 rings (SSSR count). The molecule has 0 atom stereocenters. The molecule has 0 saturated carbocycles. The number of aryl methyl sites for hydroxylation is 1. The molecule has 0 radical (unpaired) electrons. The topological polar surface area (TPSA) is 59.3 Å². The van der Waals surface area contributed by atoms with Crippen molar-refractivity contribution in [3.8, 4) is 5.75 Å². The van der Waals surface area contributed by atoms with E-state index in [4.69, 9.17) is 5.11 Å². The molecule has 0 saturated heterocycles. The molecule has 1 aromatic carbocycles. The highest BCUT2D eigenvalue weighted by molar-refractivity contribution is 5.49. The summed E-state index contributed by atoms with van der Waals surface area (Å²) >= 11 is 0. The molecule has 2 N–H and O–H groups in total. The van der Waals surface area contributed by atoms with E-state index in [1.54, 1.807) is 10.7 Å². The summed E-state index contributed by atoms with van der Waals surface area (Å²) in [5.41, 5.74) is 3.18. The number of nitrogens with zero attached hydrogens (tertiary/aromatic N) is 2. The zero-order valence-electron chi connectivity index (χ0n) is 12.8. The number of aliphatic hydroxyl groups is 1. The second-order valence-corrected chi connectivity index (χ2v) is 5.03. The zero-order valence-corrected chi connectivity index (χ0v) is 12.8. The summed E-state index contributed by atoms with van der Waals surface area (Å²) in [5, 5.41) is 16.4. The van der Waals surface area contributed by atoms with Crippen molar-refractivity contribution in [3.05, 3.63) is 41.2 Å². The number of hydrogen-bond acceptors (Lipinski definition) is 4. The number of benzene rings is 1. The van der Waals surface area contributed by atoms with Gasteiger partial charge in [0.2, 0.25) is 0 Å². The number of nitrogens with one attached hydrogen (secondary N) is 1. The zero-order chi connectivity index (χ0) is 17.0. The first-order valence-corrected chi connectivity index (χ1v) is 7.03. The number of anilines is 1. The van der Waals surface area contributed by atoms with Gasteiger partial charge in [0.15, 0.2) is 0 Å². The second kappa shape index (κ2) is 6.91. The van der Waals surface area contributed by atoms with Crippen molar-refractivity contribution >= 4 is 5.69 Å². The summed E-state index contributed by atoms with van der Waals surface area (Å²) in [7, 11) is 0. The molecule has 2 aromatic rings. The van der Waals surface area contributed by atoms with E-state index in [0.717, 1.165) is 17.0 Å². The minimum atomic E-state index is -4.71. The minimum absolute atomic E-state index is 0.00828. The van der Waals surface area contributed by atoms with E-state index in [1.165, 1.54) is 18.2 Å². The van der Waals surface area contributed by atoms with Gasteiger partial charge in [0.25, 0.3) is 0 Å². The molecular formula is C15H18F3N3O2. The number of hydrogen-bond donors (Lipinski definition) is 2. The fourth-order valence-electron chi connectivity index (χ4n) is 2.30. The molecule has 23 heavy (non-hydrogen) atoms. The minimum Gasteiger partial charge on any atom is -0.406 e. The first kappa shape index (κ1) is 17.1. The van der Waals surface area contributed by atoms with Gasteiger partial charge in [-0.25, -0.2) is 0 Å². The summed E-state index contributed by atoms with van der Waals surface area (Å²) in [4.78, 5) is 0. The van der Waals surface area contributed by atoms with Gasteiger partial charge in [-0.1, -0.05) is 6.07 Å². The van der Waals surface area contributed by atoms with Crippen LogP contribution in [0.1, 0.15) is 17.0 Å². The average molecular weight is 329 g/mol. The van der Waals surface area contributed by atoms with Crippen molar-refractivity contribution in [1.29, 1.82) is 0 Å². The SMILES string of the molecule is Cc1nn(CCO)c(C)c1CNc1cccc(OC(F)(F)F)c1. The van der Waals surface area contributed by atoms with Gasteiger partial charge in [-0.15, -0.1) is 13.2 Å². The maximum absolute atomic E-state index is 12.2. The lowest BCUT2D eigenvalue weighted by molar-refractivity contribution is -0.274. The molecule has 0 aliphatic rings. The number of alkyl halides is 3. The van der Waals surface area contributed by atoms with Crippen LogP contribution in [0.5, 0.6) is 5.75 Å². The van der Waals surface area contributed by atoms with Gasteiger partial charge in [0.1, 0.15) is 5.75 Å². The van der Waals surface area contributed by atoms with Crippen LogP contribution < -0.4 is 10.1 Å². The Labute approximate surface area is 131 Å². The van der Waals surface area contributed by atoms with Crippen LogP contribution in [0.4, 0.5) is 18.9 Å². The van der Waals surface area contributed by atoms with Crippen molar-refractivity contribution in [2.75, 3.05) is 11.9 Å². The molecule has 0 bridgehead atoms. The standard InChI is InChI=1S/C15H18F3N3O2/c1-10-14(11(2)21(20-10)6-7-22)9-19-12-4-3-5-13(8-12)23-15(16,17)18/h3-5,8,19,22H,6-7,9H2,1-2H3. The number of halogens is 3. The number of rotatable bonds is 6. The second-order valence-electron chi connectivity index (χ2n) is 5.03. The molecule has 8 heteroatoms. The van der Waals surface area contributed by atoms with Gasteiger partial charge >= 0.3 is 6.36 Å². The third-order valence-electron chi connectivity index (χ3n) is 3.38. The molecule has 126 valence electrons. The predicted molar refractivity (Wildman–Crippen MR) is 79.2 cm³/mol. The van der Waals surface area contributed by atoms with E-state index in [0.29, 0.717) is 18.8 Å². The van der Waals surface area contributed by atoms with Gasteiger partial charge in [-0.05, 0) is 26.0 Å². The van der Waals surface area contributed by atoms with Crippen molar-refractivity contribution < 1.29 is 23.0 Å². The first-order valence-electron chi connectivity index (χ1n) is 7.03. The van der Waals surface area contributed by atoms with Gasteiger partial charge in [-0.2, -0.15) is 5.10 Å². The predicted octanol–water partition coefficient (Wildman–Crippen LogP) is 3.00. The Morgan fingerprint density at radius 3 is 2.70 bits per heavy atom. The Morgan fingerprint density at radius 2 is 2.04 bits per heavy atom. The molecule has 0 spiro atoms. The lowest BCUT2D eigenvalue weighted by Gasteiger charge is -2.11. The van der Waals surface area contributed by atoms with Gasteiger partial charge in [0.05, 0.1) is 18.8 Å². The molecule has 0 aliphatic carbocycles. The van der Waals surface area contributed by atoms with Crippen molar-refractivity contribution in [2.45, 2.75) is 33.3 Å². The summed E-state index contributed by atoms with van der Waals surface area (Å²) in [5.74, 6) is -0.271. The lowest BCUT2D eigenvalue weighted by atomic mass is 10.2. The van der Waals surface area contributed by atoms with E-state index in [-0.39, 0.29) is 12.4 Å². The van der Waals surface area contributed by atoms with Crippen LogP contribution in [0.3, 0.4) is 0 Å². The highest BCUT2D eigenvalue weighted by Crippen LogP contribution is 2.25. The normalized spacial score (nSPS) is 11.6. The quantitative estimate of drug-likeness (QED) is 0.855. The molecule has 0 amide bonds. The third-order valence-corrected chi connectivity index (χ3v) is 3.38. The van der Waals surface area contributed by atoms with E-state index in [2.05, 4.69) is 15.2 Å². The molecule has 1 aromatic heterocycles. The summed E-state index contributed by atoms with van der Waals surface area (Å²) in [6.07, 6.45) is -4.71. The van der Waals surface area contributed by atoms with Crippen molar-refractivity contribution in [1.82, 2.24) is 9.78 Å². The van der Waals surface area contributed by atoms with Crippen LogP contribution in [-0.4, -0.2) is 27.9 Å². The van der Waals surface area contributed by atoms with E-state index >= 15 is 0 Å². The molecule has 0 fully saturated rings. The number of aromatic nitrogens is 2. The Balaban J connectivity index is 2.08. The molecular weight excluding hydrogens is 311 g/mol. The van der Waals surface area contributed by atoms with E-state index in [1.807, 2.05) is 13.8 Å². The van der Waals surface area contributed by atoms with Crippen LogP contribution in [-0.2, 0) is 13.1 Å². The fourth-order valence-corrected chi connectivity index (χ4v) is 2.30. The highest BCUT2D eigenvalue weighted by Gasteiger charge is 2.31. The first-order chi connectivity index (χ1) is 10.8. The maximum atomic E-state index is 12.2. The average Bonchev–Trinajstić information content (AvgIpc) is 2.70. The van der Waals surface area contributed by atoms with Crippen molar-refractivity contribution in [2.24, 2.45) is 0 Å². The molecule has 0 unspecified atom stereocenters. The van der Waals surface area contributed by atoms with Crippen LogP contribution >= 0.6 is 0 Å². The van der Waals surface area contributed by atoms with E-state index < -0.39 is 6.36 Å². The van der Waals surface area contributed by atoms with Crippen LogP contribution in [0.2, 0.25) is 0 Å². The lowest BCUT2D eigenvalue weighted by Crippen LogP contribution is -2.17.